The summed E-state index contributed by atoms with van der Waals surface area (Å²) in [5.41, 5.74) is 0. The molecule has 1 N–H and O–H groups in total. The maximum atomic E-state index is 10.7. The van der Waals surface area contributed by atoms with Crippen molar-refractivity contribution in [1.29, 1.82) is 0 Å². The molecule has 100 valence electrons. The first kappa shape index (κ1) is 12.7. The van der Waals surface area contributed by atoms with Crippen molar-refractivity contribution < 1.29 is 9.90 Å². The summed E-state index contributed by atoms with van der Waals surface area (Å²) in [5.74, 6) is 0.698. The van der Waals surface area contributed by atoms with E-state index in [4.69, 9.17) is 5.11 Å². The van der Waals surface area contributed by atoms with Crippen LogP contribution < -0.4 is 0 Å². The molecule has 0 unspecified atom stereocenters. The third-order valence-electron chi connectivity index (χ3n) is 2.91. The molecule has 0 bridgehead atoms. The Morgan fingerprint density at radius 3 is 3.00 bits per heavy atom. The second kappa shape index (κ2) is 5.34. The highest BCUT2D eigenvalue weighted by Gasteiger charge is 2.30. The molecule has 1 aliphatic carbocycles. The fraction of sp³-hybridized carbons (Fsp3) is 0.417. The van der Waals surface area contributed by atoms with Gasteiger partial charge in [0.25, 0.3) is 0 Å². The number of thiophene rings is 1. The lowest BCUT2D eigenvalue weighted by Crippen LogP contribution is -2.06. The van der Waals surface area contributed by atoms with Gasteiger partial charge in [0.15, 0.2) is 5.16 Å². The van der Waals surface area contributed by atoms with Crippen molar-refractivity contribution in [1.82, 2.24) is 14.8 Å². The standard InChI is InChI=1S/C12H13N3O2S2/c16-10(17)7-19-12-14-13-11(8-3-4-8)15(12)6-9-2-1-5-18-9/h1-2,5,8H,3-4,6-7H2,(H,16,17). The molecule has 0 spiro atoms. The number of hydrogen-bond acceptors (Lipinski definition) is 5. The summed E-state index contributed by atoms with van der Waals surface area (Å²) < 4.78 is 2.07. The zero-order valence-electron chi connectivity index (χ0n) is 10.2. The summed E-state index contributed by atoms with van der Waals surface area (Å²) in [4.78, 5) is 11.9. The Hall–Kier alpha value is -1.34. The quantitative estimate of drug-likeness (QED) is 0.829. The van der Waals surface area contributed by atoms with Crippen molar-refractivity contribution >= 4 is 29.1 Å². The highest BCUT2D eigenvalue weighted by Crippen LogP contribution is 2.40. The van der Waals surface area contributed by atoms with E-state index in [-0.39, 0.29) is 5.75 Å². The molecule has 1 saturated carbocycles. The first-order valence-corrected chi connectivity index (χ1v) is 7.90. The van der Waals surface area contributed by atoms with Crippen molar-refractivity contribution in [3.63, 3.8) is 0 Å². The van der Waals surface area contributed by atoms with Gasteiger partial charge in [0, 0.05) is 10.8 Å². The summed E-state index contributed by atoms with van der Waals surface area (Å²) in [6, 6.07) is 4.10. The van der Waals surface area contributed by atoms with Crippen molar-refractivity contribution in [2.45, 2.75) is 30.5 Å². The molecule has 0 amide bonds. The van der Waals surface area contributed by atoms with Crippen LogP contribution in [0.15, 0.2) is 22.7 Å². The van der Waals surface area contributed by atoms with E-state index >= 15 is 0 Å². The van der Waals surface area contributed by atoms with Gasteiger partial charge in [-0.05, 0) is 24.3 Å². The lowest BCUT2D eigenvalue weighted by molar-refractivity contribution is -0.133. The number of aromatic nitrogens is 3. The molecule has 7 heteroatoms. The molecule has 0 radical (unpaired) electrons. The number of nitrogens with zero attached hydrogens (tertiary/aromatic N) is 3. The molecule has 2 heterocycles. The summed E-state index contributed by atoms with van der Waals surface area (Å²) in [6.45, 7) is 0.735. The SMILES string of the molecule is O=C(O)CSc1nnc(C2CC2)n1Cc1cccs1. The minimum absolute atomic E-state index is 0.0211. The molecule has 0 saturated heterocycles. The van der Waals surface area contributed by atoms with Gasteiger partial charge in [0.05, 0.1) is 12.3 Å². The zero-order valence-corrected chi connectivity index (χ0v) is 11.8. The second-order valence-electron chi connectivity index (χ2n) is 4.46. The first-order valence-electron chi connectivity index (χ1n) is 6.04. The summed E-state index contributed by atoms with van der Waals surface area (Å²) >= 11 is 2.93. The van der Waals surface area contributed by atoms with Crippen LogP contribution in [0.4, 0.5) is 0 Å². The van der Waals surface area contributed by atoms with Crippen LogP contribution in [0.2, 0.25) is 0 Å². The Morgan fingerprint density at radius 2 is 2.37 bits per heavy atom. The Balaban J connectivity index is 1.84. The Bertz CT molecular complexity index is 576. The molecule has 3 rings (SSSR count). The largest absolute Gasteiger partial charge is 0.481 e. The molecule has 1 fully saturated rings. The van der Waals surface area contributed by atoms with E-state index in [1.165, 1.54) is 16.6 Å². The smallest absolute Gasteiger partial charge is 0.313 e. The predicted molar refractivity (Wildman–Crippen MR) is 73.8 cm³/mol. The first-order chi connectivity index (χ1) is 9.24. The Morgan fingerprint density at radius 1 is 1.53 bits per heavy atom. The van der Waals surface area contributed by atoms with Crippen LogP contribution in [0.1, 0.15) is 29.5 Å². The van der Waals surface area contributed by atoms with E-state index in [0.717, 1.165) is 25.2 Å². The monoisotopic (exact) mass is 295 g/mol. The van der Waals surface area contributed by atoms with Gasteiger partial charge >= 0.3 is 5.97 Å². The predicted octanol–water partition coefficient (Wildman–Crippen LogP) is 2.44. The van der Waals surface area contributed by atoms with Crippen molar-refractivity contribution in [3.05, 3.63) is 28.2 Å². The van der Waals surface area contributed by atoms with Crippen LogP contribution in [0.3, 0.4) is 0 Å². The van der Waals surface area contributed by atoms with Crippen molar-refractivity contribution in [2.24, 2.45) is 0 Å². The van der Waals surface area contributed by atoms with Crippen molar-refractivity contribution in [2.75, 3.05) is 5.75 Å². The van der Waals surface area contributed by atoms with Gasteiger partial charge in [-0.25, -0.2) is 0 Å². The maximum absolute atomic E-state index is 10.7. The minimum atomic E-state index is -0.830. The molecule has 0 aromatic carbocycles. The Labute approximate surface area is 118 Å². The molecule has 1 aliphatic rings. The molecular weight excluding hydrogens is 282 g/mol. The second-order valence-corrected chi connectivity index (χ2v) is 6.44. The summed E-state index contributed by atoms with van der Waals surface area (Å²) in [7, 11) is 0. The average Bonchev–Trinajstić information content (AvgIpc) is 2.95. The maximum Gasteiger partial charge on any atom is 0.313 e. The number of carboxylic acids is 1. The van der Waals surface area contributed by atoms with E-state index in [1.807, 2.05) is 11.4 Å². The molecule has 2 aromatic rings. The van der Waals surface area contributed by atoms with Crippen LogP contribution >= 0.6 is 23.1 Å². The van der Waals surface area contributed by atoms with Gasteiger partial charge in [0.2, 0.25) is 0 Å². The summed E-state index contributed by atoms with van der Waals surface area (Å²) in [6.07, 6.45) is 2.32. The molecular formula is C12H13N3O2S2. The number of carbonyl (C=O) groups is 1. The average molecular weight is 295 g/mol. The Kier molecular flexibility index (Phi) is 3.56. The number of thioether (sulfide) groups is 1. The number of carboxylic acid groups (broad SMARTS) is 1. The third-order valence-corrected chi connectivity index (χ3v) is 4.72. The van der Waals surface area contributed by atoms with Crippen LogP contribution in [-0.4, -0.2) is 31.6 Å². The molecule has 2 aromatic heterocycles. The lowest BCUT2D eigenvalue weighted by atomic mass is 10.4. The third kappa shape index (κ3) is 2.98. The van der Waals surface area contributed by atoms with Gasteiger partial charge in [-0.3, -0.25) is 4.79 Å². The lowest BCUT2D eigenvalue weighted by Gasteiger charge is -2.07. The topological polar surface area (TPSA) is 68.0 Å². The summed E-state index contributed by atoms with van der Waals surface area (Å²) in [5, 5.41) is 19.9. The zero-order chi connectivity index (χ0) is 13.2. The molecule has 0 aliphatic heterocycles. The van der Waals surface area contributed by atoms with Crippen LogP contribution in [-0.2, 0) is 11.3 Å². The van der Waals surface area contributed by atoms with Crippen LogP contribution in [0.25, 0.3) is 0 Å². The van der Waals surface area contributed by atoms with Gasteiger partial charge < -0.3 is 9.67 Å². The van der Waals surface area contributed by atoms with E-state index in [1.54, 1.807) is 11.3 Å². The van der Waals surface area contributed by atoms with E-state index in [2.05, 4.69) is 20.8 Å². The molecule has 0 atom stereocenters. The minimum Gasteiger partial charge on any atom is -0.481 e. The van der Waals surface area contributed by atoms with Crippen LogP contribution in [0.5, 0.6) is 0 Å². The van der Waals surface area contributed by atoms with Crippen molar-refractivity contribution in [3.8, 4) is 0 Å². The number of rotatable bonds is 6. The van der Waals surface area contributed by atoms with Gasteiger partial charge in [-0.1, -0.05) is 17.8 Å². The highest BCUT2D eigenvalue weighted by molar-refractivity contribution is 7.99. The molecule has 5 nitrogen and oxygen atoms in total. The van der Waals surface area contributed by atoms with Gasteiger partial charge in [0.1, 0.15) is 5.82 Å². The van der Waals surface area contributed by atoms with E-state index in [9.17, 15) is 4.79 Å². The normalized spacial score (nSPS) is 14.7. The number of aliphatic carboxylic acids is 1. The number of hydrogen-bond donors (Lipinski definition) is 1. The highest BCUT2D eigenvalue weighted by atomic mass is 32.2. The fourth-order valence-corrected chi connectivity index (χ4v) is 3.24. The van der Waals surface area contributed by atoms with Gasteiger partial charge in [-0.15, -0.1) is 21.5 Å². The van der Waals surface area contributed by atoms with E-state index < -0.39 is 5.97 Å². The van der Waals surface area contributed by atoms with E-state index in [0.29, 0.717) is 11.1 Å². The molecule has 19 heavy (non-hydrogen) atoms. The fourth-order valence-electron chi connectivity index (χ4n) is 1.88. The van der Waals surface area contributed by atoms with Crippen LogP contribution in [0, 0.1) is 0 Å². The van der Waals surface area contributed by atoms with Gasteiger partial charge in [-0.2, -0.15) is 0 Å².